The Morgan fingerprint density at radius 3 is 2.28 bits per heavy atom. The number of rotatable bonds is 5. The van der Waals surface area contributed by atoms with Gasteiger partial charge in [0.15, 0.2) is 0 Å². The van der Waals surface area contributed by atoms with Gasteiger partial charge in [0, 0.05) is 32.7 Å². The summed E-state index contributed by atoms with van der Waals surface area (Å²) in [6.45, 7) is 6.12. The maximum atomic E-state index is 12.9. The van der Waals surface area contributed by atoms with Gasteiger partial charge in [-0.15, -0.1) is 0 Å². The Hall–Kier alpha value is -2.09. The summed E-state index contributed by atoms with van der Waals surface area (Å²) >= 11 is 5.94. The number of nitrogens with zero attached hydrogens (tertiary/aromatic N) is 2. The molecule has 3 rings (SSSR count). The first-order valence-electron chi connectivity index (χ1n) is 9.37. The zero-order valence-corrected chi connectivity index (χ0v) is 16.9. The Bertz CT molecular complexity index is 847. The Balaban J connectivity index is 1.49. The van der Waals surface area contributed by atoms with Gasteiger partial charge < -0.3 is 5.32 Å². The van der Waals surface area contributed by atoms with Crippen LogP contribution < -0.4 is 5.32 Å². The van der Waals surface area contributed by atoms with Gasteiger partial charge in [0.05, 0.1) is 22.8 Å². The quantitative estimate of drug-likeness (QED) is 0.770. The molecule has 1 N–H and O–H groups in total. The molecule has 1 saturated heterocycles. The van der Waals surface area contributed by atoms with Gasteiger partial charge in [-0.3, -0.25) is 14.6 Å². The van der Waals surface area contributed by atoms with E-state index in [9.17, 15) is 18.0 Å². The van der Waals surface area contributed by atoms with Crippen molar-refractivity contribution in [3.05, 3.63) is 64.2 Å². The van der Waals surface area contributed by atoms with E-state index in [1.165, 1.54) is 11.1 Å². The van der Waals surface area contributed by atoms with Crippen molar-refractivity contribution in [2.24, 2.45) is 0 Å². The van der Waals surface area contributed by atoms with Gasteiger partial charge in [-0.2, -0.15) is 13.2 Å². The first-order chi connectivity index (χ1) is 13.7. The molecule has 4 nitrogen and oxygen atoms in total. The number of piperazine rings is 1. The first-order valence-corrected chi connectivity index (χ1v) is 9.75. The van der Waals surface area contributed by atoms with Gasteiger partial charge >= 0.3 is 6.18 Å². The Morgan fingerprint density at radius 1 is 1.03 bits per heavy atom. The average molecular weight is 426 g/mol. The van der Waals surface area contributed by atoms with Crippen molar-refractivity contribution in [3.63, 3.8) is 0 Å². The average Bonchev–Trinajstić information content (AvgIpc) is 2.66. The molecular formula is C21H23ClF3N3O. The number of aryl methyl sites for hydroxylation is 1. The monoisotopic (exact) mass is 425 g/mol. The van der Waals surface area contributed by atoms with E-state index in [4.69, 9.17) is 11.6 Å². The van der Waals surface area contributed by atoms with Crippen LogP contribution in [0.5, 0.6) is 0 Å². The summed E-state index contributed by atoms with van der Waals surface area (Å²) in [5.41, 5.74) is 1.61. The number of nitrogens with one attached hydrogen (secondary N) is 1. The SMILES string of the molecule is Cc1ccc(CN2CCN(CC(=O)Nc3cc(C(F)(F)F)ccc3Cl)CC2)cc1. The third kappa shape index (κ3) is 6.19. The molecule has 1 heterocycles. The molecule has 0 spiro atoms. The molecule has 0 bridgehead atoms. The summed E-state index contributed by atoms with van der Waals surface area (Å²) < 4.78 is 38.6. The van der Waals surface area contributed by atoms with Crippen LogP contribution in [0, 0.1) is 6.92 Å². The van der Waals surface area contributed by atoms with Crippen LogP contribution in [0.15, 0.2) is 42.5 Å². The van der Waals surface area contributed by atoms with Crippen LogP contribution in [0.3, 0.4) is 0 Å². The fourth-order valence-electron chi connectivity index (χ4n) is 3.25. The molecule has 1 amide bonds. The number of anilines is 1. The van der Waals surface area contributed by atoms with E-state index in [0.717, 1.165) is 50.9 Å². The number of carbonyl (C=O) groups excluding carboxylic acids is 1. The number of benzene rings is 2. The van der Waals surface area contributed by atoms with E-state index in [-0.39, 0.29) is 23.2 Å². The smallest absolute Gasteiger partial charge is 0.324 e. The van der Waals surface area contributed by atoms with Crippen LogP contribution >= 0.6 is 11.6 Å². The number of hydrogen-bond donors (Lipinski definition) is 1. The molecule has 2 aromatic rings. The molecule has 29 heavy (non-hydrogen) atoms. The highest BCUT2D eigenvalue weighted by atomic mass is 35.5. The minimum atomic E-state index is -4.49. The summed E-state index contributed by atoms with van der Waals surface area (Å²) in [7, 11) is 0. The lowest BCUT2D eigenvalue weighted by Gasteiger charge is -2.34. The standard InChI is InChI=1S/C21H23ClF3N3O/c1-15-2-4-16(5-3-15)13-27-8-10-28(11-9-27)14-20(29)26-19-12-17(21(23,24)25)6-7-18(19)22/h2-7,12H,8-11,13-14H2,1H3,(H,26,29). The minimum absolute atomic E-state index is 0.0236. The van der Waals surface area contributed by atoms with Gasteiger partial charge in [-0.05, 0) is 30.7 Å². The number of halogens is 4. The van der Waals surface area contributed by atoms with Gasteiger partial charge in [0.1, 0.15) is 0 Å². The molecule has 0 aliphatic carbocycles. The molecule has 0 radical (unpaired) electrons. The van der Waals surface area contributed by atoms with Crippen LogP contribution in [0.1, 0.15) is 16.7 Å². The second kappa shape index (κ2) is 9.15. The number of alkyl halides is 3. The largest absolute Gasteiger partial charge is 0.416 e. The van der Waals surface area contributed by atoms with E-state index in [0.29, 0.717) is 0 Å². The second-order valence-electron chi connectivity index (χ2n) is 7.28. The summed E-state index contributed by atoms with van der Waals surface area (Å²) in [4.78, 5) is 16.6. The molecule has 2 aromatic carbocycles. The number of amides is 1. The lowest BCUT2D eigenvalue weighted by Crippen LogP contribution is -2.48. The Kier molecular flexibility index (Phi) is 6.82. The van der Waals surface area contributed by atoms with Crippen LogP contribution in [0.2, 0.25) is 5.02 Å². The van der Waals surface area contributed by atoms with E-state index in [1.807, 2.05) is 4.90 Å². The molecule has 0 saturated carbocycles. The van der Waals surface area contributed by atoms with E-state index >= 15 is 0 Å². The van der Waals surface area contributed by atoms with E-state index in [1.54, 1.807) is 0 Å². The normalized spacial score (nSPS) is 16.0. The summed E-state index contributed by atoms with van der Waals surface area (Å²) in [5.74, 6) is -0.377. The van der Waals surface area contributed by atoms with Crippen LogP contribution in [0.25, 0.3) is 0 Å². The third-order valence-corrected chi connectivity index (χ3v) is 5.26. The number of hydrogen-bond acceptors (Lipinski definition) is 3. The second-order valence-corrected chi connectivity index (χ2v) is 7.69. The number of carbonyl (C=O) groups is 1. The molecule has 0 atom stereocenters. The minimum Gasteiger partial charge on any atom is -0.324 e. The van der Waals surface area contributed by atoms with Crippen LogP contribution in [-0.2, 0) is 17.5 Å². The van der Waals surface area contributed by atoms with Crippen molar-refractivity contribution in [1.29, 1.82) is 0 Å². The van der Waals surface area contributed by atoms with Crippen molar-refractivity contribution in [1.82, 2.24) is 9.80 Å². The van der Waals surface area contributed by atoms with E-state index < -0.39 is 11.7 Å². The van der Waals surface area contributed by atoms with Crippen molar-refractivity contribution in [3.8, 4) is 0 Å². The highest BCUT2D eigenvalue weighted by Crippen LogP contribution is 2.33. The molecular weight excluding hydrogens is 403 g/mol. The predicted molar refractivity (Wildman–Crippen MR) is 108 cm³/mol. The highest BCUT2D eigenvalue weighted by molar-refractivity contribution is 6.33. The van der Waals surface area contributed by atoms with Crippen molar-refractivity contribution in [2.45, 2.75) is 19.6 Å². The van der Waals surface area contributed by atoms with E-state index in [2.05, 4.69) is 41.4 Å². The van der Waals surface area contributed by atoms with Crippen molar-refractivity contribution >= 4 is 23.2 Å². The van der Waals surface area contributed by atoms with Crippen LogP contribution in [0.4, 0.5) is 18.9 Å². The van der Waals surface area contributed by atoms with Gasteiger partial charge in [0.25, 0.3) is 0 Å². The molecule has 156 valence electrons. The zero-order chi connectivity index (χ0) is 21.0. The molecule has 1 aliphatic rings. The maximum Gasteiger partial charge on any atom is 0.416 e. The van der Waals surface area contributed by atoms with Gasteiger partial charge in [-0.25, -0.2) is 0 Å². The molecule has 0 aromatic heterocycles. The molecule has 0 unspecified atom stereocenters. The van der Waals surface area contributed by atoms with Gasteiger partial charge in [-0.1, -0.05) is 41.4 Å². The van der Waals surface area contributed by atoms with Crippen molar-refractivity contribution < 1.29 is 18.0 Å². The maximum absolute atomic E-state index is 12.9. The lowest BCUT2D eigenvalue weighted by molar-refractivity contribution is -0.137. The topological polar surface area (TPSA) is 35.6 Å². The zero-order valence-electron chi connectivity index (χ0n) is 16.1. The van der Waals surface area contributed by atoms with Gasteiger partial charge in [0.2, 0.25) is 5.91 Å². The lowest BCUT2D eigenvalue weighted by atomic mass is 10.1. The third-order valence-electron chi connectivity index (χ3n) is 4.93. The molecule has 1 fully saturated rings. The Labute approximate surface area is 173 Å². The summed E-state index contributed by atoms with van der Waals surface area (Å²) in [5, 5.41) is 2.58. The first kappa shape index (κ1) is 21.6. The summed E-state index contributed by atoms with van der Waals surface area (Å²) in [6, 6.07) is 11.3. The molecule has 8 heteroatoms. The van der Waals surface area contributed by atoms with Crippen molar-refractivity contribution in [2.75, 3.05) is 38.0 Å². The highest BCUT2D eigenvalue weighted by Gasteiger charge is 2.31. The fraction of sp³-hybridized carbons (Fsp3) is 0.381. The van der Waals surface area contributed by atoms with Crippen LogP contribution in [-0.4, -0.2) is 48.4 Å². The molecule has 1 aliphatic heterocycles. The predicted octanol–water partition coefficient (Wildman–Crippen LogP) is 4.42. The fourth-order valence-corrected chi connectivity index (χ4v) is 3.41. The Morgan fingerprint density at radius 2 is 1.66 bits per heavy atom. The summed E-state index contributed by atoms with van der Waals surface area (Å²) in [6.07, 6.45) is -4.49.